The number of aromatic nitrogens is 3. The van der Waals surface area contributed by atoms with Crippen molar-refractivity contribution in [1.29, 1.82) is 0 Å². The van der Waals surface area contributed by atoms with Gasteiger partial charge in [0, 0.05) is 29.4 Å². The van der Waals surface area contributed by atoms with Crippen molar-refractivity contribution in [3.63, 3.8) is 0 Å². The summed E-state index contributed by atoms with van der Waals surface area (Å²) in [7, 11) is 0. The van der Waals surface area contributed by atoms with Gasteiger partial charge in [-0.3, -0.25) is 0 Å². The second kappa shape index (κ2) is 7.88. The third-order valence-electron chi connectivity index (χ3n) is 4.68. The van der Waals surface area contributed by atoms with Crippen LogP contribution in [0.2, 0.25) is 0 Å². The number of fused-ring (bicyclic) bond motifs is 1. The Morgan fingerprint density at radius 1 is 1.21 bits per heavy atom. The van der Waals surface area contributed by atoms with E-state index in [1.807, 2.05) is 0 Å². The number of ether oxygens (including phenoxy) is 1. The van der Waals surface area contributed by atoms with E-state index in [1.165, 1.54) is 24.6 Å². The van der Waals surface area contributed by atoms with Crippen LogP contribution in [0.5, 0.6) is 5.88 Å². The molecule has 0 fully saturated rings. The molecule has 0 saturated carbocycles. The van der Waals surface area contributed by atoms with Crippen LogP contribution in [-0.2, 0) is 6.54 Å². The van der Waals surface area contributed by atoms with Crippen molar-refractivity contribution in [3.05, 3.63) is 41.9 Å². The molecule has 156 valence electrons. The smallest absolute Gasteiger partial charge is 0.388 e. The molecule has 9 heteroatoms. The molecule has 0 spiro atoms. The van der Waals surface area contributed by atoms with E-state index in [0.29, 0.717) is 28.0 Å². The molecule has 3 rings (SSSR count). The highest BCUT2D eigenvalue weighted by Gasteiger charge is 2.34. The molecule has 0 bridgehead atoms. The average Bonchev–Trinajstić information content (AvgIpc) is 3.00. The molecule has 3 aromatic rings. The van der Waals surface area contributed by atoms with E-state index in [-0.39, 0.29) is 11.6 Å². The van der Waals surface area contributed by atoms with Crippen LogP contribution in [0.1, 0.15) is 25.1 Å². The summed E-state index contributed by atoms with van der Waals surface area (Å²) in [5, 5.41) is 3.56. The maximum absolute atomic E-state index is 14.2. The lowest BCUT2D eigenvalue weighted by atomic mass is 10.1. The van der Waals surface area contributed by atoms with Gasteiger partial charge in [0.05, 0.1) is 12.1 Å². The van der Waals surface area contributed by atoms with Gasteiger partial charge in [-0.25, -0.2) is 18.7 Å². The van der Waals surface area contributed by atoms with Crippen LogP contribution in [0.4, 0.5) is 29.1 Å². The normalized spacial score (nSPS) is 12.2. The second-order valence-corrected chi connectivity index (χ2v) is 7.22. The van der Waals surface area contributed by atoms with Crippen molar-refractivity contribution < 1.29 is 22.3 Å². The number of hydrogen-bond donors (Lipinski definition) is 1. The Bertz CT molecular complexity index is 1020. The van der Waals surface area contributed by atoms with Gasteiger partial charge in [0.15, 0.2) is 0 Å². The lowest BCUT2D eigenvalue weighted by Crippen LogP contribution is -2.29. The van der Waals surface area contributed by atoms with Crippen molar-refractivity contribution >= 4 is 22.4 Å². The van der Waals surface area contributed by atoms with Gasteiger partial charge in [0.2, 0.25) is 5.88 Å². The molecular weight excluding hydrogens is 388 g/mol. The van der Waals surface area contributed by atoms with Gasteiger partial charge in [-0.2, -0.15) is 8.78 Å². The Balaban J connectivity index is 2.01. The molecule has 3 aromatic heterocycles. The van der Waals surface area contributed by atoms with Crippen LogP contribution in [0.3, 0.4) is 0 Å². The van der Waals surface area contributed by atoms with Crippen LogP contribution < -0.4 is 10.1 Å². The first kappa shape index (κ1) is 20.9. The molecule has 0 aliphatic heterocycles. The molecular formula is C20H22F4N4O. The van der Waals surface area contributed by atoms with Crippen LogP contribution in [-0.4, -0.2) is 27.1 Å². The zero-order valence-electron chi connectivity index (χ0n) is 16.5. The molecule has 0 amide bonds. The quantitative estimate of drug-likeness (QED) is 0.509. The Kier molecular flexibility index (Phi) is 5.68. The number of rotatable bonds is 7. The van der Waals surface area contributed by atoms with Crippen molar-refractivity contribution in [1.82, 2.24) is 14.5 Å². The summed E-state index contributed by atoms with van der Waals surface area (Å²) < 4.78 is 60.0. The van der Waals surface area contributed by atoms with Crippen molar-refractivity contribution in [2.75, 3.05) is 5.32 Å². The fourth-order valence-corrected chi connectivity index (χ4v) is 3.01. The van der Waals surface area contributed by atoms with Gasteiger partial charge >= 0.3 is 6.61 Å². The molecule has 0 saturated heterocycles. The fourth-order valence-electron chi connectivity index (χ4n) is 3.01. The predicted octanol–water partition coefficient (Wildman–Crippen LogP) is 5.68. The average molecular weight is 410 g/mol. The Hall–Kier alpha value is -2.84. The first-order valence-electron chi connectivity index (χ1n) is 9.10. The van der Waals surface area contributed by atoms with E-state index in [4.69, 9.17) is 0 Å². The highest BCUT2D eigenvalue weighted by molar-refractivity contribution is 5.92. The third kappa shape index (κ3) is 4.44. The third-order valence-corrected chi connectivity index (χ3v) is 4.68. The van der Waals surface area contributed by atoms with Crippen molar-refractivity contribution in [3.8, 4) is 5.88 Å². The maximum atomic E-state index is 14.2. The van der Waals surface area contributed by atoms with Crippen LogP contribution in [0, 0.1) is 19.8 Å². The minimum atomic E-state index is -3.03. The lowest BCUT2D eigenvalue weighted by molar-refractivity contribution is -0.0587. The first-order valence-corrected chi connectivity index (χ1v) is 9.10. The van der Waals surface area contributed by atoms with Crippen LogP contribution >= 0.6 is 0 Å². The number of nitrogens with one attached hydrogen (secondary N) is 1. The molecule has 0 unspecified atom stereocenters. The standard InChI is InChI=1S/C20H22F4N4O/c1-11(2)20(23,24)10-28-8-6-14-15(28)5-7-25-17(14)27-16-12(3)9-13(4)26-18(16)29-19(21)22/h5-9,11,19H,10H2,1-4H3,(H,25,27). The van der Waals surface area contributed by atoms with E-state index < -0.39 is 25.0 Å². The monoisotopic (exact) mass is 410 g/mol. The molecule has 0 atom stereocenters. The van der Waals surface area contributed by atoms with E-state index in [2.05, 4.69) is 20.0 Å². The van der Waals surface area contributed by atoms with E-state index in [1.54, 1.807) is 38.2 Å². The SMILES string of the molecule is Cc1cc(C)c(Nc2nccc3c2ccn3CC(F)(F)C(C)C)c(OC(F)F)n1. The number of aryl methyl sites for hydroxylation is 2. The van der Waals surface area contributed by atoms with E-state index in [9.17, 15) is 17.6 Å². The van der Waals surface area contributed by atoms with Gasteiger partial charge in [0.1, 0.15) is 11.5 Å². The highest BCUT2D eigenvalue weighted by atomic mass is 19.3. The molecule has 0 aliphatic rings. The molecule has 1 N–H and O–H groups in total. The number of anilines is 2. The molecule has 29 heavy (non-hydrogen) atoms. The predicted molar refractivity (Wildman–Crippen MR) is 103 cm³/mol. The lowest BCUT2D eigenvalue weighted by Gasteiger charge is -2.21. The Morgan fingerprint density at radius 3 is 2.59 bits per heavy atom. The molecule has 0 aliphatic carbocycles. The maximum Gasteiger partial charge on any atom is 0.388 e. The summed E-state index contributed by atoms with van der Waals surface area (Å²) in [4.78, 5) is 8.27. The Labute approximate surface area is 165 Å². The summed E-state index contributed by atoms with van der Waals surface area (Å²) in [6, 6.07) is 5.01. The number of hydrogen-bond acceptors (Lipinski definition) is 4. The minimum Gasteiger partial charge on any atom is -0.415 e. The van der Waals surface area contributed by atoms with Crippen molar-refractivity contribution in [2.24, 2.45) is 5.92 Å². The fraction of sp³-hybridized carbons (Fsp3) is 0.400. The van der Waals surface area contributed by atoms with Gasteiger partial charge in [-0.1, -0.05) is 13.8 Å². The topological polar surface area (TPSA) is 52.0 Å². The Morgan fingerprint density at radius 2 is 1.93 bits per heavy atom. The molecule has 0 aromatic carbocycles. The van der Waals surface area contributed by atoms with E-state index >= 15 is 0 Å². The summed E-state index contributed by atoms with van der Waals surface area (Å²) >= 11 is 0. The van der Waals surface area contributed by atoms with Crippen LogP contribution in [0.15, 0.2) is 30.6 Å². The summed E-state index contributed by atoms with van der Waals surface area (Å²) in [6.45, 7) is 2.83. The first-order chi connectivity index (χ1) is 13.6. The molecule has 5 nitrogen and oxygen atoms in total. The molecule has 3 heterocycles. The number of nitrogens with zero attached hydrogens (tertiary/aromatic N) is 3. The largest absolute Gasteiger partial charge is 0.415 e. The van der Waals surface area contributed by atoms with Gasteiger partial charge in [-0.05, 0) is 37.6 Å². The second-order valence-electron chi connectivity index (χ2n) is 7.22. The summed E-state index contributed by atoms with van der Waals surface area (Å²) in [6.07, 6.45) is 3.03. The van der Waals surface area contributed by atoms with E-state index in [0.717, 1.165) is 0 Å². The summed E-state index contributed by atoms with van der Waals surface area (Å²) in [5.74, 6) is -3.60. The zero-order valence-corrected chi connectivity index (χ0v) is 16.5. The molecule has 0 radical (unpaired) electrons. The minimum absolute atomic E-state index is 0.246. The van der Waals surface area contributed by atoms with Gasteiger partial charge in [0.25, 0.3) is 5.92 Å². The number of alkyl halides is 4. The van der Waals surface area contributed by atoms with Gasteiger partial charge in [-0.15, -0.1) is 0 Å². The summed E-state index contributed by atoms with van der Waals surface area (Å²) in [5.41, 5.74) is 1.96. The van der Waals surface area contributed by atoms with Crippen molar-refractivity contribution in [2.45, 2.75) is 46.8 Å². The van der Waals surface area contributed by atoms with Crippen LogP contribution in [0.25, 0.3) is 10.9 Å². The number of pyridine rings is 2. The zero-order chi connectivity index (χ0) is 21.3. The van der Waals surface area contributed by atoms with Gasteiger partial charge < -0.3 is 14.6 Å². The number of halogens is 4. The highest BCUT2D eigenvalue weighted by Crippen LogP contribution is 2.34.